The Labute approximate surface area is 362 Å². The van der Waals surface area contributed by atoms with E-state index in [1.165, 1.54) is 36.9 Å². The van der Waals surface area contributed by atoms with Gasteiger partial charge in [-0.1, -0.05) is 170 Å². The van der Waals surface area contributed by atoms with Gasteiger partial charge in [0.05, 0.1) is 11.0 Å². The van der Waals surface area contributed by atoms with Gasteiger partial charge in [-0.15, -0.1) is 11.3 Å². The van der Waals surface area contributed by atoms with Gasteiger partial charge in [-0.05, 0) is 76.3 Å². The Bertz CT molecular complexity index is 3630. The van der Waals surface area contributed by atoms with Crippen LogP contribution in [0.15, 0.2) is 218 Å². The SMILES string of the molecule is c1ccc(-c2nc(-c3ccccc3-c3cccc(-c4cc(-c5ccccc5)c5sc6ccccc6c5c4)c3)nc(-c3cccc4c3c3ccccc3n4-c3ccccc3)n2)cc1. The van der Waals surface area contributed by atoms with E-state index in [4.69, 9.17) is 15.0 Å². The van der Waals surface area contributed by atoms with Crippen LogP contribution in [-0.2, 0) is 0 Å². The molecule has 12 aromatic rings. The second kappa shape index (κ2) is 14.9. The second-order valence-corrected chi connectivity index (χ2v) is 16.6. The highest BCUT2D eigenvalue weighted by Gasteiger charge is 2.21. The Balaban J connectivity index is 1.04. The summed E-state index contributed by atoms with van der Waals surface area (Å²) in [6.45, 7) is 0. The average Bonchev–Trinajstić information content (AvgIpc) is 3.90. The topological polar surface area (TPSA) is 43.6 Å². The molecule has 0 bridgehead atoms. The molecule has 5 heteroatoms. The molecule has 12 rings (SSSR count). The molecule has 0 saturated heterocycles. The monoisotopic (exact) mass is 808 g/mol. The highest BCUT2D eigenvalue weighted by Crippen LogP contribution is 2.44. The molecule has 3 aromatic heterocycles. The van der Waals surface area contributed by atoms with Gasteiger partial charge in [0, 0.05) is 58.9 Å². The van der Waals surface area contributed by atoms with Crippen molar-refractivity contribution in [3.05, 3.63) is 218 Å². The van der Waals surface area contributed by atoms with Gasteiger partial charge < -0.3 is 4.57 Å². The molecule has 0 aliphatic rings. The van der Waals surface area contributed by atoms with Gasteiger partial charge in [0.15, 0.2) is 17.5 Å². The van der Waals surface area contributed by atoms with E-state index in [0.29, 0.717) is 17.5 Å². The van der Waals surface area contributed by atoms with Crippen LogP contribution in [0, 0.1) is 0 Å². The van der Waals surface area contributed by atoms with Crippen molar-refractivity contribution in [1.29, 1.82) is 0 Å². The standard InChI is InChI=1S/C57H36N4S/c1-4-18-37(19-5-1)48-35-41(36-49-44-27-13-15-33-52(44)62-54(48)49)39-22-16-23-40(34-39)43-26-10-11-28-45(43)56-58-55(38-20-6-2-7-21-38)59-57(60-56)47-30-17-32-51-53(47)46-29-12-14-31-50(46)61(51)42-24-8-3-9-25-42/h1-36H. The summed E-state index contributed by atoms with van der Waals surface area (Å²) in [7, 11) is 0. The lowest BCUT2D eigenvalue weighted by atomic mass is 9.93. The van der Waals surface area contributed by atoms with Crippen LogP contribution >= 0.6 is 11.3 Å². The lowest BCUT2D eigenvalue weighted by Crippen LogP contribution is -2.01. The van der Waals surface area contributed by atoms with E-state index in [9.17, 15) is 0 Å². The van der Waals surface area contributed by atoms with Crippen LogP contribution in [0.2, 0.25) is 0 Å². The third-order valence-corrected chi connectivity index (χ3v) is 13.1. The smallest absolute Gasteiger partial charge is 0.164 e. The first-order chi connectivity index (χ1) is 30.7. The lowest BCUT2D eigenvalue weighted by Gasteiger charge is -2.14. The van der Waals surface area contributed by atoms with E-state index >= 15 is 0 Å². The predicted octanol–water partition coefficient (Wildman–Crippen LogP) is 15.3. The van der Waals surface area contributed by atoms with Crippen molar-refractivity contribution < 1.29 is 0 Å². The van der Waals surface area contributed by atoms with Crippen molar-refractivity contribution in [3.63, 3.8) is 0 Å². The molecule has 9 aromatic carbocycles. The Morgan fingerprint density at radius 1 is 0.323 bits per heavy atom. The molecule has 0 spiro atoms. The number of rotatable bonds is 7. The Morgan fingerprint density at radius 3 is 1.69 bits per heavy atom. The first kappa shape index (κ1) is 35.9. The molecule has 62 heavy (non-hydrogen) atoms. The molecule has 0 aliphatic carbocycles. The molecule has 3 heterocycles. The summed E-state index contributed by atoms with van der Waals surface area (Å²) in [5.74, 6) is 1.88. The molecule has 0 saturated carbocycles. The molecule has 0 amide bonds. The fourth-order valence-electron chi connectivity index (χ4n) is 9.02. The van der Waals surface area contributed by atoms with Gasteiger partial charge in [0.1, 0.15) is 0 Å². The van der Waals surface area contributed by atoms with Crippen LogP contribution < -0.4 is 0 Å². The number of aromatic nitrogens is 4. The minimum Gasteiger partial charge on any atom is -0.309 e. The number of nitrogens with zero attached hydrogens (tertiary/aromatic N) is 4. The Hall–Kier alpha value is -7.99. The van der Waals surface area contributed by atoms with E-state index < -0.39 is 0 Å². The number of para-hydroxylation sites is 2. The van der Waals surface area contributed by atoms with Gasteiger partial charge in [-0.3, -0.25) is 0 Å². The third kappa shape index (κ3) is 6.09. The van der Waals surface area contributed by atoms with E-state index in [1.54, 1.807) is 0 Å². The van der Waals surface area contributed by atoms with E-state index in [0.717, 1.165) is 60.9 Å². The van der Waals surface area contributed by atoms with E-state index in [2.05, 4.69) is 205 Å². The highest BCUT2D eigenvalue weighted by molar-refractivity contribution is 7.26. The molecule has 4 nitrogen and oxygen atoms in total. The minimum atomic E-state index is 0.621. The third-order valence-electron chi connectivity index (χ3n) is 11.9. The van der Waals surface area contributed by atoms with Crippen LogP contribution in [0.5, 0.6) is 0 Å². The summed E-state index contributed by atoms with van der Waals surface area (Å²) < 4.78 is 4.94. The molecule has 290 valence electrons. The van der Waals surface area contributed by atoms with E-state index in [1.807, 2.05) is 29.5 Å². The lowest BCUT2D eigenvalue weighted by molar-refractivity contribution is 1.08. The van der Waals surface area contributed by atoms with Crippen LogP contribution in [-0.4, -0.2) is 19.5 Å². The molecule has 0 N–H and O–H groups in total. The van der Waals surface area contributed by atoms with Crippen molar-refractivity contribution >= 4 is 53.3 Å². The average molecular weight is 809 g/mol. The molecular weight excluding hydrogens is 773 g/mol. The number of hydrogen-bond acceptors (Lipinski definition) is 4. The van der Waals surface area contributed by atoms with Gasteiger partial charge in [-0.2, -0.15) is 0 Å². The first-order valence-electron chi connectivity index (χ1n) is 20.9. The van der Waals surface area contributed by atoms with Crippen molar-refractivity contribution in [3.8, 4) is 73.2 Å². The maximum absolute atomic E-state index is 5.38. The Morgan fingerprint density at radius 2 is 0.887 bits per heavy atom. The molecular formula is C57H36N4S. The largest absolute Gasteiger partial charge is 0.309 e. The van der Waals surface area contributed by atoms with Crippen molar-refractivity contribution in [1.82, 2.24) is 19.5 Å². The van der Waals surface area contributed by atoms with Crippen molar-refractivity contribution in [2.45, 2.75) is 0 Å². The highest BCUT2D eigenvalue weighted by atomic mass is 32.1. The zero-order valence-corrected chi connectivity index (χ0v) is 34.3. The summed E-state index contributed by atoms with van der Waals surface area (Å²) >= 11 is 1.87. The second-order valence-electron chi connectivity index (χ2n) is 15.6. The maximum Gasteiger partial charge on any atom is 0.164 e. The summed E-state index contributed by atoms with van der Waals surface area (Å²) in [5, 5.41) is 4.81. The molecule has 0 radical (unpaired) electrons. The molecule has 0 unspecified atom stereocenters. The van der Waals surface area contributed by atoms with Crippen LogP contribution in [0.3, 0.4) is 0 Å². The minimum absolute atomic E-state index is 0.621. The summed E-state index contributed by atoms with van der Waals surface area (Å²) in [6, 6.07) is 77.4. The quantitative estimate of drug-likeness (QED) is 0.161. The zero-order valence-electron chi connectivity index (χ0n) is 33.5. The normalized spacial score (nSPS) is 11.5. The van der Waals surface area contributed by atoms with Gasteiger partial charge >= 0.3 is 0 Å². The number of fused-ring (bicyclic) bond motifs is 6. The van der Waals surface area contributed by atoms with Crippen LogP contribution in [0.4, 0.5) is 0 Å². The maximum atomic E-state index is 5.38. The zero-order chi connectivity index (χ0) is 41.0. The summed E-state index contributed by atoms with van der Waals surface area (Å²) in [4.78, 5) is 15.9. The number of hydrogen-bond donors (Lipinski definition) is 0. The van der Waals surface area contributed by atoms with Crippen LogP contribution in [0.25, 0.3) is 115 Å². The van der Waals surface area contributed by atoms with Crippen molar-refractivity contribution in [2.24, 2.45) is 0 Å². The molecule has 0 fully saturated rings. The first-order valence-corrected chi connectivity index (χ1v) is 21.7. The van der Waals surface area contributed by atoms with Gasteiger partial charge in [0.25, 0.3) is 0 Å². The summed E-state index contributed by atoms with van der Waals surface area (Å²) in [5.41, 5.74) is 13.1. The van der Waals surface area contributed by atoms with E-state index in [-0.39, 0.29) is 0 Å². The summed E-state index contributed by atoms with van der Waals surface area (Å²) in [6.07, 6.45) is 0. The number of benzene rings is 9. The molecule has 0 aliphatic heterocycles. The fourth-order valence-corrected chi connectivity index (χ4v) is 10.2. The van der Waals surface area contributed by atoms with Gasteiger partial charge in [-0.25, -0.2) is 15.0 Å². The fraction of sp³-hybridized carbons (Fsp3) is 0. The number of thiophene rings is 1. The molecule has 0 atom stereocenters. The van der Waals surface area contributed by atoms with Crippen molar-refractivity contribution in [2.75, 3.05) is 0 Å². The van der Waals surface area contributed by atoms with Gasteiger partial charge in [0.2, 0.25) is 0 Å². The predicted molar refractivity (Wildman–Crippen MR) is 260 cm³/mol. The van der Waals surface area contributed by atoms with Crippen LogP contribution in [0.1, 0.15) is 0 Å². The Kier molecular flexibility index (Phi) is 8.65.